The molecule has 2 aromatic heterocycles. The molecule has 3 heterocycles. The first kappa shape index (κ1) is 16.5. The van der Waals surface area contributed by atoms with Crippen LogP contribution in [0.5, 0.6) is 0 Å². The second-order valence-corrected chi connectivity index (χ2v) is 6.95. The Morgan fingerprint density at radius 1 is 1.36 bits per heavy atom. The van der Waals surface area contributed by atoms with Gasteiger partial charge in [0.05, 0.1) is 42.7 Å². The van der Waals surface area contributed by atoms with Crippen molar-refractivity contribution in [1.29, 1.82) is 0 Å². The molecule has 2 atom stereocenters. The zero-order valence-corrected chi connectivity index (χ0v) is 14.0. The predicted molar refractivity (Wildman–Crippen MR) is 90.2 cm³/mol. The number of amides is 1. The van der Waals surface area contributed by atoms with E-state index in [1.165, 1.54) is 0 Å². The fourth-order valence-electron chi connectivity index (χ4n) is 4.21. The largest absolute Gasteiger partial charge is 0.394 e. The van der Waals surface area contributed by atoms with E-state index in [1.807, 2.05) is 29.3 Å². The first-order valence-electron chi connectivity index (χ1n) is 8.78. The van der Waals surface area contributed by atoms with Gasteiger partial charge in [-0.25, -0.2) is 4.52 Å². The van der Waals surface area contributed by atoms with Gasteiger partial charge in [0.15, 0.2) is 0 Å². The van der Waals surface area contributed by atoms with Crippen LogP contribution in [-0.2, 0) is 4.74 Å². The quantitative estimate of drug-likeness (QED) is 0.852. The van der Waals surface area contributed by atoms with Gasteiger partial charge in [-0.3, -0.25) is 4.79 Å². The maximum atomic E-state index is 12.9. The Kier molecular flexibility index (Phi) is 4.23. The molecular formula is C18H23N3O4. The lowest BCUT2D eigenvalue weighted by atomic mass is 9.58. The van der Waals surface area contributed by atoms with E-state index < -0.39 is 0 Å². The molecule has 1 saturated carbocycles. The molecule has 1 saturated heterocycles. The van der Waals surface area contributed by atoms with Crippen molar-refractivity contribution in [3.8, 4) is 0 Å². The van der Waals surface area contributed by atoms with Gasteiger partial charge in [0.25, 0.3) is 5.91 Å². The van der Waals surface area contributed by atoms with Gasteiger partial charge in [-0.15, -0.1) is 0 Å². The van der Waals surface area contributed by atoms with Crippen LogP contribution in [0.2, 0.25) is 0 Å². The van der Waals surface area contributed by atoms with Crippen molar-refractivity contribution in [2.45, 2.75) is 31.5 Å². The molecule has 2 fully saturated rings. The fourth-order valence-corrected chi connectivity index (χ4v) is 4.21. The van der Waals surface area contributed by atoms with Gasteiger partial charge in [-0.1, -0.05) is 6.07 Å². The molecular weight excluding hydrogens is 322 g/mol. The molecule has 2 aromatic rings. The van der Waals surface area contributed by atoms with Gasteiger partial charge < -0.3 is 19.8 Å². The third-order valence-electron chi connectivity index (χ3n) is 5.79. The minimum absolute atomic E-state index is 0.0119. The molecule has 2 N–H and O–H groups in total. The van der Waals surface area contributed by atoms with E-state index in [1.54, 1.807) is 10.7 Å². The number of carbonyl (C=O) groups is 1. The van der Waals surface area contributed by atoms with Crippen molar-refractivity contribution in [3.05, 3.63) is 36.2 Å². The van der Waals surface area contributed by atoms with E-state index in [0.29, 0.717) is 31.7 Å². The van der Waals surface area contributed by atoms with Crippen LogP contribution in [-0.4, -0.2) is 69.1 Å². The van der Waals surface area contributed by atoms with E-state index in [9.17, 15) is 9.90 Å². The van der Waals surface area contributed by atoms with Crippen molar-refractivity contribution in [3.63, 3.8) is 0 Å². The maximum Gasteiger partial charge on any atom is 0.257 e. The van der Waals surface area contributed by atoms with Crippen molar-refractivity contribution in [1.82, 2.24) is 14.5 Å². The highest BCUT2D eigenvalue weighted by atomic mass is 16.5. The Bertz CT molecular complexity index is 767. The zero-order valence-electron chi connectivity index (χ0n) is 14.0. The predicted octanol–water partition coefficient (Wildman–Crippen LogP) is 0.699. The summed E-state index contributed by atoms with van der Waals surface area (Å²) in [4.78, 5) is 14.7. The average Bonchev–Trinajstić information content (AvgIpc) is 3.08. The van der Waals surface area contributed by atoms with E-state index in [2.05, 4.69) is 5.10 Å². The molecule has 7 heteroatoms. The standard InChI is InChI=1S/C18H23N3O4/c22-9-10-25-16-11-15(23)18(16)4-7-20(8-5-18)17(24)13-12-19-21-6-2-1-3-14(13)21/h1-3,6,12,15-16,22-23H,4-5,7-11H2. The minimum Gasteiger partial charge on any atom is -0.394 e. The maximum absolute atomic E-state index is 12.9. The Hall–Kier alpha value is -1.96. The number of hydrogen-bond acceptors (Lipinski definition) is 5. The summed E-state index contributed by atoms with van der Waals surface area (Å²) in [6.45, 7) is 1.48. The first-order valence-corrected chi connectivity index (χ1v) is 8.78. The summed E-state index contributed by atoms with van der Waals surface area (Å²) >= 11 is 0. The number of pyridine rings is 1. The minimum atomic E-state index is -0.384. The number of likely N-dealkylation sites (tertiary alicyclic amines) is 1. The molecule has 0 radical (unpaired) electrons. The van der Waals surface area contributed by atoms with Gasteiger partial charge in [-0.05, 0) is 25.0 Å². The fraction of sp³-hybridized carbons (Fsp3) is 0.556. The lowest BCUT2D eigenvalue weighted by Gasteiger charge is -2.56. The van der Waals surface area contributed by atoms with Crippen LogP contribution in [0, 0.1) is 5.41 Å². The topological polar surface area (TPSA) is 87.3 Å². The summed E-state index contributed by atoms with van der Waals surface area (Å²) in [6, 6.07) is 5.66. The second-order valence-electron chi connectivity index (χ2n) is 6.95. The summed E-state index contributed by atoms with van der Waals surface area (Å²) in [5.74, 6) is -0.0160. The van der Waals surface area contributed by atoms with Crippen LogP contribution < -0.4 is 0 Å². The van der Waals surface area contributed by atoms with Crippen LogP contribution in [0.4, 0.5) is 0 Å². The molecule has 0 bridgehead atoms. The highest BCUT2D eigenvalue weighted by molar-refractivity contribution is 6.00. The molecule has 25 heavy (non-hydrogen) atoms. The number of carbonyl (C=O) groups excluding carboxylic acids is 1. The van der Waals surface area contributed by atoms with Crippen molar-refractivity contribution in [2.24, 2.45) is 5.41 Å². The smallest absolute Gasteiger partial charge is 0.257 e. The molecule has 4 rings (SSSR count). The van der Waals surface area contributed by atoms with Crippen molar-refractivity contribution < 1.29 is 19.7 Å². The number of aromatic nitrogens is 2. The normalized spacial score (nSPS) is 25.3. The molecule has 1 aliphatic carbocycles. The molecule has 1 amide bonds. The molecule has 0 aromatic carbocycles. The summed E-state index contributed by atoms with van der Waals surface area (Å²) in [6.07, 6.45) is 5.08. The summed E-state index contributed by atoms with van der Waals surface area (Å²) in [7, 11) is 0. The lowest BCUT2D eigenvalue weighted by molar-refractivity contribution is -0.211. The Morgan fingerprint density at radius 3 is 2.88 bits per heavy atom. The summed E-state index contributed by atoms with van der Waals surface area (Å²) in [5.41, 5.74) is 1.15. The Balaban J connectivity index is 1.46. The van der Waals surface area contributed by atoms with Crippen LogP contribution >= 0.6 is 0 Å². The first-order chi connectivity index (χ1) is 12.2. The van der Waals surface area contributed by atoms with Gasteiger partial charge in [-0.2, -0.15) is 5.10 Å². The SMILES string of the molecule is O=C(c1cnn2ccccc12)N1CCC2(CC1)C(O)CC2OCCO. The van der Waals surface area contributed by atoms with Gasteiger partial charge in [0.2, 0.25) is 0 Å². The number of rotatable bonds is 4. The number of aliphatic hydroxyl groups excluding tert-OH is 2. The third kappa shape index (κ3) is 2.63. The average molecular weight is 345 g/mol. The number of fused-ring (bicyclic) bond motifs is 1. The van der Waals surface area contributed by atoms with Crippen molar-refractivity contribution in [2.75, 3.05) is 26.3 Å². The lowest BCUT2D eigenvalue weighted by Crippen LogP contribution is -2.62. The van der Waals surface area contributed by atoms with Gasteiger partial charge in [0, 0.05) is 31.1 Å². The number of piperidine rings is 1. The van der Waals surface area contributed by atoms with Crippen LogP contribution in [0.1, 0.15) is 29.6 Å². The number of nitrogens with zero attached hydrogens (tertiary/aromatic N) is 3. The van der Waals surface area contributed by atoms with Crippen LogP contribution in [0.3, 0.4) is 0 Å². The molecule has 2 unspecified atom stereocenters. The second kappa shape index (κ2) is 6.40. The number of ether oxygens (including phenoxy) is 1. The summed E-state index contributed by atoms with van der Waals surface area (Å²) < 4.78 is 7.39. The summed E-state index contributed by atoms with van der Waals surface area (Å²) in [5, 5.41) is 23.5. The highest BCUT2D eigenvalue weighted by Crippen LogP contribution is 2.51. The Labute approximate surface area is 145 Å². The van der Waals surface area contributed by atoms with E-state index in [-0.39, 0.29) is 30.1 Å². The van der Waals surface area contributed by atoms with Crippen LogP contribution in [0.25, 0.3) is 5.52 Å². The van der Waals surface area contributed by atoms with E-state index >= 15 is 0 Å². The molecule has 134 valence electrons. The van der Waals surface area contributed by atoms with Crippen molar-refractivity contribution >= 4 is 11.4 Å². The molecule has 1 aliphatic heterocycles. The monoisotopic (exact) mass is 345 g/mol. The molecule has 1 spiro atoms. The highest BCUT2D eigenvalue weighted by Gasteiger charge is 2.56. The van der Waals surface area contributed by atoms with E-state index in [0.717, 1.165) is 18.4 Å². The third-order valence-corrected chi connectivity index (χ3v) is 5.79. The zero-order chi connectivity index (χ0) is 17.4. The molecule has 7 nitrogen and oxygen atoms in total. The molecule has 2 aliphatic rings. The van der Waals surface area contributed by atoms with Crippen LogP contribution in [0.15, 0.2) is 30.6 Å². The Morgan fingerprint density at radius 2 is 2.16 bits per heavy atom. The van der Waals surface area contributed by atoms with Gasteiger partial charge >= 0.3 is 0 Å². The number of aliphatic hydroxyl groups is 2. The van der Waals surface area contributed by atoms with Gasteiger partial charge in [0.1, 0.15) is 0 Å². The number of hydrogen-bond donors (Lipinski definition) is 2. The van der Waals surface area contributed by atoms with E-state index in [4.69, 9.17) is 9.84 Å².